The monoisotopic (exact) mass is 394 g/mol. The summed E-state index contributed by atoms with van der Waals surface area (Å²) in [5.74, 6) is 1.17. The fourth-order valence-corrected chi connectivity index (χ4v) is 4.55. The Balaban J connectivity index is 1.31. The molecule has 1 saturated carbocycles. The van der Waals surface area contributed by atoms with Crippen molar-refractivity contribution in [3.63, 3.8) is 0 Å². The minimum atomic E-state index is -0.190. The summed E-state index contributed by atoms with van der Waals surface area (Å²) in [7, 11) is 4.07. The number of rotatable bonds is 5. The quantitative estimate of drug-likeness (QED) is 0.844. The molecular weight excluding hydrogens is 368 g/mol. The zero-order valence-electron chi connectivity index (χ0n) is 16.9. The van der Waals surface area contributed by atoms with Crippen molar-refractivity contribution < 1.29 is 14.1 Å². The van der Waals surface area contributed by atoms with Gasteiger partial charge in [-0.3, -0.25) is 9.59 Å². The second kappa shape index (κ2) is 6.99. The van der Waals surface area contributed by atoms with Gasteiger partial charge in [-0.05, 0) is 57.0 Å². The van der Waals surface area contributed by atoms with E-state index in [0.29, 0.717) is 18.2 Å². The first-order chi connectivity index (χ1) is 14.0. The lowest BCUT2D eigenvalue weighted by Crippen LogP contribution is -2.45. The van der Waals surface area contributed by atoms with E-state index in [-0.39, 0.29) is 23.9 Å². The smallest absolute Gasteiger partial charge is 0.273 e. The summed E-state index contributed by atoms with van der Waals surface area (Å²) in [6.07, 6.45) is 3.70. The highest BCUT2D eigenvalue weighted by atomic mass is 16.5. The molecule has 1 aromatic heterocycles. The summed E-state index contributed by atoms with van der Waals surface area (Å²) in [6.45, 7) is 1.49. The Kier molecular flexibility index (Phi) is 4.42. The lowest BCUT2D eigenvalue weighted by molar-refractivity contribution is 0.0630. The van der Waals surface area contributed by atoms with Gasteiger partial charge in [0.25, 0.3) is 11.8 Å². The topological polar surface area (TPSA) is 78.7 Å². The molecule has 0 radical (unpaired) electrons. The zero-order valence-corrected chi connectivity index (χ0v) is 16.9. The molecular formula is C22H26N4O3. The predicted molar refractivity (Wildman–Crippen MR) is 107 cm³/mol. The molecule has 7 nitrogen and oxygen atoms in total. The van der Waals surface area contributed by atoms with E-state index in [0.717, 1.165) is 49.1 Å². The lowest BCUT2D eigenvalue weighted by atomic mass is 9.92. The highest BCUT2D eigenvalue weighted by molar-refractivity contribution is 5.99. The van der Waals surface area contributed by atoms with Gasteiger partial charge in [0.2, 0.25) is 0 Å². The normalized spacial score (nSPS) is 23.3. The van der Waals surface area contributed by atoms with Crippen LogP contribution in [0.5, 0.6) is 0 Å². The van der Waals surface area contributed by atoms with Crippen LogP contribution in [0.3, 0.4) is 0 Å². The lowest BCUT2D eigenvalue weighted by Gasteiger charge is -2.35. The number of carbonyl (C=O) groups excluding carboxylic acids is 2. The number of piperidine rings is 1. The third-order valence-electron chi connectivity index (χ3n) is 6.14. The number of hydrogen-bond acceptors (Lipinski definition) is 5. The average molecular weight is 394 g/mol. The molecule has 3 aliphatic rings. The van der Waals surface area contributed by atoms with Crippen molar-refractivity contribution in [2.45, 2.75) is 50.2 Å². The molecule has 0 spiro atoms. The van der Waals surface area contributed by atoms with Crippen LogP contribution in [0.25, 0.3) is 0 Å². The van der Waals surface area contributed by atoms with Crippen LogP contribution in [0.2, 0.25) is 0 Å². The summed E-state index contributed by atoms with van der Waals surface area (Å²) >= 11 is 0. The van der Waals surface area contributed by atoms with Gasteiger partial charge < -0.3 is 19.6 Å². The van der Waals surface area contributed by atoms with Crippen LogP contribution in [-0.4, -0.2) is 53.5 Å². The predicted octanol–water partition coefficient (Wildman–Crippen LogP) is 2.70. The van der Waals surface area contributed by atoms with Gasteiger partial charge in [0.1, 0.15) is 5.76 Å². The van der Waals surface area contributed by atoms with E-state index >= 15 is 0 Å². The van der Waals surface area contributed by atoms with E-state index in [9.17, 15) is 9.59 Å². The Morgan fingerprint density at radius 1 is 1.28 bits per heavy atom. The maximum absolute atomic E-state index is 12.8. The zero-order chi connectivity index (χ0) is 20.1. The minimum Gasteiger partial charge on any atom is -0.360 e. The molecule has 2 amide bonds. The molecule has 5 rings (SSSR count). The first kappa shape index (κ1) is 18.4. The van der Waals surface area contributed by atoms with Crippen molar-refractivity contribution in [1.29, 1.82) is 0 Å². The highest BCUT2D eigenvalue weighted by Crippen LogP contribution is 2.41. The number of aromatic nitrogens is 1. The van der Waals surface area contributed by atoms with Crippen LogP contribution in [0.4, 0.5) is 0 Å². The molecule has 2 atom stereocenters. The van der Waals surface area contributed by atoms with E-state index in [1.807, 2.05) is 31.1 Å². The van der Waals surface area contributed by atoms with Crippen LogP contribution >= 0.6 is 0 Å². The van der Waals surface area contributed by atoms with E-state index in [1.54, 1.807) is 6.07 Å². The molecule has 0 unspecified atom stereocenters. The molecule has 29 heavy (non-hydrogen) atoms. The number of hydrogen-bond donors (Lipinski definition) is 1. The van der Waals surface area contributed by atoms with E-state index in [4.69, 9.17) is 4.52 Å². The first-order valence-corrected chi connectivity index (χ1v) is 10.4. The van der Waals surface area contributed by atoms with Crippen molar-refractivity contribution in [3.8, 4) is 0 Å². The van der Waals surface area contributed by atoms with Gasteiger partial charge in [0.05, 0.1) is 6.04 Å². The molecule has 2 aromatic rings. The SMILES string of the molecule is CN(C)Cc1ccc2c(c1)[C@@H]1C[C@H](NC(=O)c3cc(C4CC4)on3)CCN1C2=O. The second-order valence-electron chi connectivity index (χ2n) is 8.76. The van der Waals surface area contributed by atoms with Gasteiger partial charge in [-0.2, -0.15) is 0 Å². The maximum Gasteiger partial charge on any atom is 0.273 e. The van der Waals surface area contributed by atoms with Crippen LogP contribution in [0.1, 0.15) is 75.4 Å². The number of amides is 2. The van der Waals surface area contributed by atoms with Crippen molar-refractivity contribution >= 4 is 11.8 Å². The summed E-state index contributed by atoms with van der Waals surface area (Å²) < 4.78 is 5.31. The van der Waals surface area contributed by atoms with Gasteiger partial charge in [0, 0.05) is 36.7 Å². The number of benzene rings is 1. The van der Waals surface area contributed by atoms with Gasteiger partial charge >= 0.3 is 0 Å². The molecule has 1 aromatic carbocycles. The molecule has 2 aliphatic heterocycles. The Bertz CT molecular complexity index is 963. The summed E-state index contributed by atoms with van der Waals surface area (Å²) in [5.41, 5.74) is 3.44. The van der Waals surface area contributed by atoms with E-state index in [2.05, 4.69) is 21.4 Å². The van der Waals surface area contributed by atoms with E-state index in [1.165, 1.54) is 5.56 Å². The average Bonchev–Trinajstić information content (AvgIpc) is 3.36. The molecule has 152 valence electrons. The van der Waals surface area contributed by atoms with Crippen molar-refractivity contribution in [3.05, 3.63) is 52.4 Å². The van der Waals surface area contributed by atoms with Crippen LogP contribution in [0.15, 0.2) is 28.8 Å². The molecule has 0 bridgehead atoms. The van der Waals surface area contributed by atoms with Crippen molar-refractivity contribution in [2.24, 2.45) is 0 Å². The molecule has 2 fully saturated rings. The third-order valence-corrected chi connectivity index (χ3v) is 6.14. The Labute approximate surface area is 170 Å². The number of nitrogens with zero attached hydrogens (tertiary/aromatic N) is 3. The summed E-state index contributed by atoms with van der Waals surface area (Å²) in [6, 6.07) is 7.96. The fraction of sp³-hybridized carbons (Fsp3) is 0.500. The standard InChI is InChI=1S/C22H26N4O3/c1-25(2)12-13-3-6-16-17(9-13)19-10-15(7-8-26(19)22(16)28)23-21(27)18-11-20(29-24-18)14-4-5-14/h3,6,9,11,14-15,19H,4-5,7-8,10,12H2,1-2H3,(H,23,27)/t15-,19+/m1/s1. The third kappa shape index (κ3) is 3.44. The summed E-state index contributed by atoms with van der Waals surface area (Å²) in [4.78, 5) is 29.5. The van der Waals surface area contributed by atoms with Crippen molar-refractivity contribution in [1.82, 2.24) is 20.3 Å². The largest absolute Gasteiger partial charge is 0.360 e. The van der Waals surface area contributed by atoms with Gasteiger partial charge in [0.15, 0.2) is 5.69 Å². The second-order valence-corrected chi connectivity index (χ2v) is 8.76. The molecule has 7 heteroatoms. The van der Waals surface area contributed by atoms with Gasteiger partial charge in [-0.15, -0.1) is 0 Å². The Hall–Kier alpha value is -2.67. The number of fused-ring (bicyclic) bond motifs is 3. The Morgan fingerprint density at radius 2 is 2.10 bits per heavy atom. The fourth-order valence-electron chi connectivity index (χ4n) is 4.55. The van der Waals surface area contributed by atoms with Crippen LogP contribution < -0.4 is 5.32 Å². The molecule has 1 N–H and O–H groups in total. The van der Waals surface area contributed by atoms with Gasteiger partial charge in [-0.25, -0.2) is 0 Å². The molecule has 1 aliphatic carbocycles. The first-order valence-electron chi connectivity index (χ1n) is 10.4. The Morgan fingerprint density at radius 3 is 2.86 bits per heavy atom. The van der Waals surface area contributed by atoms with Crippen molar-refractivity contribution in [2.75, 3.05) is 20.6 Å². The summed E-state index contributed by atoms with van der Waals surface area (Å²) in [5, 5.41) is 7.05. The molecule has 3 heterocycles. The van der Waals surface area contributed by atoms with E-state index < -0.39 is 0 Å². The van der Waals surface area contributed by atoms with Crippen LogP contribution in [-0.2, 0) is 6.54 Å². The molecule has 1 saturated heterocycles. The van der Waals surface area contributed by atoms with Crippen LogP contribution in [0, 0.1) is 0 Å². The number of carbonyl (C=O) groups is 2. The maximum atomic E-state index is 12.8. The van der Waals surface area contributed by atoms with Gasteiger partial charge in [-0.1, -0.05) is 17.3 Å². The number of nitrogens with one attached hydrogen (secondary N) is 1. The highest BCUT2D eigenvalue weighted by Gasteiger charge is 2.41. The minimum absolute atomic E-state index is 0.0149.